The van der Waals surface area contributed by atoms with E-state index in [-0.39, 0.29) is 0 Å². The van der Waals surface area contributed by atoms with Crippen LogP contribution in [0.1, 0.15) is 20.3 Å². The molecule has 0 unspecified atom stereocenters. The first-order chi connectivity index (χ1) is 4.35. The van der Waals surface area contributed by atoms with Gasteiger partial charge in [-0.25, -0.2) is 0 Å². The molecular formula is C7H16NRu. The molecule has 0 aromatic heterocycles. The zero-order valence-electron chi connectivity index (χ0n) is 6.34. The molecule has 0 aliphatic carbocycles. The van der Waals surface area contributed by atoms with Crippen LogP contribution in [0, 0.1) is 0 Å². The Kier molecular flexibility index (Phi) is 7.13. The van der Waals surface area contributed by atoms with E-state index in [2.05, 4.69) is 37.0 Å². The van der Waals surface area contributed by atoms with Crippen LogP contribution in [0.15, 0.2) is 0 Å². The Bertz CT molecular complexity index is 52.9. The van der Waals surface area contributed by atoms with E-state index in [1.807, 2.05) is 0 Å². The Morgan fingerprint density at radius 2 is 1.78 bits per heavy atom. The number of hydrogen-bond acceptors (Lipinski definition) is 1. The fraction of sp³-hybridized carbons (Fsp3) is 1.00. The first-order valence-electron chi connectivity index (χ1n) is 3.61. The molecule has 0 spiro atoms. The molecule has 0 aromatic carbocycles. The van der Waals surface area contributed by atoms with Crippen LogP contribution < -0.4 is 0 Å². The predicted octanol–water partition coefficient (Wildman–Crippen LogP) is 1.68. The second-order valence-electron chi connectivity index (χ2n) is 2.06. The molecule has 0 atom stereocenters. The summed E-state index contributed by atoms with van der Waals surface area (Å²) in [5.41, 5.74) is 0. The van der Waals surface area contributed by atoms with Crippen LogP contribution in [-0.4, -0.2) is 24.5 Å². The van der Waals surface area contributed by atoms with Gasteiger partial charge in [0.2, 0.25) is 0 Å². The van der Waals surface area contributed by atoms with Crippen molar-refractivity contribution in [3.05, 3.63) is 0 Å². The maximum absolute atomic E-state index is 2.68. The third-order valence-electron chi connectivity index (χ3n) is 1.49. The molecule has 0 aliphatic heterocycles. The van der Waals surface area contributed by atoms with Gasteiger partial charge in [0.15, 0.2) is 0 Å². The molecule has 0 N–H and O–H groups in total. The molecule has 57 valence electrons. The van der Waals surface area contributed by atoms with Gasteiger partial charge in [0.25, 0.3) is 0 Å². The molecular weight excluding hydrogens is 199 g/mol. The summed E-state index contributed by atoms with van der Waals surface area (Å²) in [4.78, 5) is 2.45. The topological polar surface area (TPSA) is 3.24 Å². The molecule has 0 heterocycles. The van der Waals surface area contributed by atoms with Crippen molar-refractivity contribution >= 4 is 0 Å². The molecule has 0 radical (unpaired) electrons. The van der Waals surface area contributed by atoms with Crippen LogP contribution in [0.4, 0.5) is 0 Å². The SMILES string of the molecule is CCN(CC)CC[CH2][Ru]. The van der Waals surface area contributed by atoms with Gasteiger partial charge >= 0.3 is 68.1 Å². The second-order valence-corrected chi connectivity index (χ2v) is 2.93. The number of hydrogen-bond donors (Lipinski definition) is 0. The van der Waals surface area contributed by atoms with E-state index in [1.54, 1.807) is 0 Å². The number of nitrogens with zero attached hydrogens (tertiary/aromatic N) is 1. The minimum atomic E-state index is 1.20. The summed E-state index contributed by atoms with van der Waals surface area (Å²) < 4.78 is 0. The Hall–Kier alpha value is 0.583. The average Bonchev–Trinajstić information content (AvgIpc) is 1.91. The molecule has 0 bridgehead atoms. The van der Waals surface area contributed by atoms with Gasteiger partial charge in [-0.2, -0.15) is 0 Å². The summed E-state index contributed by atoms with van der Waals surface area (Å²) >= 11 is 2.68. The summed E-state index contributed by atoms with van der Waals surface area (Å²) in [5.74, 6) is 0. The summed E-state index contributed by atoms with van der Waals surface area (Å²) in [5, 5.41) is 1.25. The van der Waals surface area contributed by atoms with Crippen molar-refractivity contribution in [1.29, 1.82) is 0 Å². The van der Waals surface area contributed by atoms with Crippen LogP contribution >= 0.6 is 0 Å². The van der Waals surface area contributed by atoms with Crippen molar-refractivity contribution in [3.8, 4) is 0 Å². The van der Waals surface area contributed by atoms with E-state index in [9.17, 15) is 0 Å². The van der Waals surface area contributed by atoms with Crippen LogP contribution in [0.3, 0.4) is 0 Å². The van der Waals surface area contributed by atoms with Crippen LogP contribution in [0.2, 0.25) is 5.02 Å². The molecule has 0 aromatic rings. The Balaban J connectivity index is 3.09. The molecule has 0 saturated heterocycles. The zero-order valence-corrected chi connectivity index (χ0v) is 8.07. The van der Waals surface area contributed by atoms with Gasteiger partial charge in [0.05, 0.1) is 0 Å². The fourth-order valence-electron chi connectivity index (χ4n) is 0.819. The van der Waals surface area contributed by atoms with Gasteiger partial charge in [-0.1, -0.05) is 0 Å². The van der Waals surface area contributed by atoms with Crippen LogP contribution in [0.5, 0.6) is 0 Å². The second kappa shape index (κ2) is 6.70. The normalized spacial score (nSPS) is 10.7. The summed E-state index contributed by atoms with van der Waals surface area (Å²) in [6.07, 6.45) is 1.32. The summed E-state index contributed by atoms with van der Waals surface area (Å²) in [7, 11) is 0. The Morgan fingerprint density at radius 3 is 2.11 bits per heavy atom. The summed E-state index contributed by atoms with van der Waals surface area (Å²) in [6, 6.07) is 0. The average molecular weight is 215 g/mol. The third-order valence-corrected chi connectivity index (χ3v) is 2.11. The van der Waals surface area contributed by atoms with E-state index in [4.69, 9.17) is 0 Å². The molecule has 9 heavy (non-hydrogen) atoms. The van der Waals surface area contributed by atoms with E-state index in [0.29, 0.717) is 0 Å². The predicted molar refractivity (Wildman–Crippen MR) is 37.2 cm³/mol. The maximum atomic E-state index is 2.68. The third kappa shape index (κ3) is 5.05. The van der Waals surface area contributed by atoms with E-state index in [0.717, 1.165) is 0 Å². The molecule has 1 nitrogen and oxygen atoms in total. The van der Waals surface area contributed by atoms with Gasteiger partial charge in [0, 0.05) is 0 Å². The van der Waals surface area contributed by atoms with Gasteiger partial charge in [-0.05, 0) is 0 Å². The Labute approximate surface area is 68.5 Å². The first-order valence-corrected chi connectivity index (χ1v) is 4.84. The minimum absolute atomic E-state index is 1.20. The van der Waals surface area contributed by atoms with Crippen molar-refractivity contribution in [3.63, 3.8) is 0 Å². The van der Waals surface area contributed by atoms with E-state index in [1.165, 1.54) is 31.1 Å². The van der Waals surface area contributed by atoms with Gasteiger partial charge in [0.1, 0.15) is 0 Å². The first kappa shape index (κ1) is 9.58. The molecule has 0 aliphatic rings. The van der Waals surface area contributed by atoms with Crippen molar-refractivity contribution in [2.45, 2.75) is 25.3 Å². The standard InChI is InChI=1S/C7H16N.Ru/c1-4-7-8(5-2)6-3;/h1,4-7H2,2-3H3;. The molecule has 0 fully saturated rings. The fourth-order valence-corrected chi connectivity index (χ4v) is 1.09. The number of rotatable bonds is 5. The molecule has 0 rings (SSSR count). The monoisotopic (exact) mass is 216 g/mol. The van der Waals surface area contributed by atoms with Crippen molar-refractivity contribution in [2.75, 3.05) is 19.6 Å². The van der Waals surface area contributed by atoms with E-state index >= 15 is 0 Å². The van der Waals surface area contributed by atoms with Gasteiger partial charge in [-0.3, -0.25) is 0 Å². The van der Waals surface area contributed by atoms with Crippen molar-refractivity contribution in [1.82, 2.24) is 4.90 Å². The molecule has 0 amide bonds. The van der Waals surface area contributed by atoms with Crippen LogP contribution in [-0.2, 0) is 18.3 Å². The van der Waals surface area contributed by atoms with Gasteiger partial charge < -0.3 is 0 Å². The molecule has 2 heteroatoms. The quantitative estimate of drug-likeness (QED) is 0.631. The Morgan fingerprint density at radius 1 is 1.22 bits per heavy atom. The van der Waals surface area contributed by atoms with Gasteiger partial charge in [-0.15, -0.1) is 0 Å². The van der Waals surface area contributed by atoms with E-state index < -0.39 is 0 Å². The zero-order chi connectivity index (χ0) is 7.11. The summed E-state index contributed by atoms with van der Waals surface area (Å²) in [6.45, 7) is 8.09. The van der Waals surface area contributed by atoms with Crippen LogP contribution in [0.25, 0.3) is 0 Å². The van der Waals surface area contributed by atoms with Crippen molar-refractivity contribution in [2.24, 2.45) is 0 Å². The molecule has 0 saturated carbocycles. The van der Waals surface area contributed by atoms with Crippen molar-refractivity contribution < 1.29 is 18.3 Å².